The summed E-state index contributed by atoms with van der Waals surface area (Å²) in [5.41, 5.74) is 1.84. The van der Waals surface area contributed by atoms with Crippen LogP contribution in [-0.4, -0.2) is 0 Å². The summed E-state index contributed by atoms with van der Waals surface area (Å²) in [5, 5.41) is 0. The Morgan fingerprint density at radius 2 is 2.08 bits per heavy atom. The van der Waals surface area contributed by atoms with E-state index < -0.39 is 0 Å². The number of hydrogen-bond donors (Lipinski definition) is 0. The van der Waals surface area contributed by atoms with Gasteiger partial charge in [0, 0.05) is 0 Å². The van der Waals surface area contributed by atoms with Gasteiger partial charge in [-0.25, -0.2) is 0 Å². The summed E-state index contributed by atoms with van der Waals surface area (Å²) in [6.45, 7) is 6.83. The molecule has 0 N–H and O–H groups in total. The third-order valence-corrected chi connectivity index (χ3v) is 1.94. The van der Waals surface area contributed by atoms with Gasteiger partial charge < -0.3 is 0 Å². The summed E-state index contributed by atoms with van der Waals surface area (Å²) >= 11 is 0. The average Bonchev–Trinajstić information content (AvgIpc) is 2.02. The molecular weight excluding hydrogens is 144 g/mol. The predicted molar refractivity (Wildman–Crippen MR) is 53.1 cm³/mol. The molecule has 0 atom stereocenters. The molecule has 0 heteroatoms. The molecule has 1 aromatic carbocycles. The molecule has 0 aliphatic heterocycles. The van der Waals surface area contributed by atoms with Crippen molar-refractivity contribution < 1.29 is 0 Å². The predicted octanol–water partition coefficient (Wildman–Crippen LogP) is 3.47. The fourth-order valence-electron chi connectivity index (χ4n) is 1.11. The van der Waals surface area contributed by atoms with Gasteiger partial charge in [-0.1, -0.05) is 45.0 Å². The van der Waals surface area contributed by atoms with Gasteiger partial charge in [-0.2, -0.15) is 0 Å². The second kappa shape index (κ2) is 3.75. The van der Waals surface area contributed by atoms with E-state index in [-0.39, 0.29) is 0 Å². The summed E-state index contributed by atoms with van der Waals surface area (Å²) in [6, 6.07) is 11.3. The number of rotatable bonds is 2. The Kier molecular flexibility index (Phi) is 2.91. The Hall–Kier alpha value is -0.780. The minimum atomic E-state index is 0.440. The van der Waals surface area contributed by atoms with Gasteiger partial charge in [0.15, 0.2) is 0 Å². The first-order valence-corrected chi connectivity index (χ1v) is 4.53. The fraction of sp³-hybridized carbons (Fsp3) is 0.500. The van der Waals surface area contributed by atoms with Crippen LogP contribution in [0.4, 0.5) is 0 Å². The van der Waals surface area contributed by atoms with Crippen LogP contribution in [0.5, 0.6) is 0 Å². The molecule has 0 fully saturated rings. The van der Waals surface area contributed by atoms with Crippen molar-refractivity contribution in [1.82, 2.24) is 0 Å². The molecule has 0 bridgehead atoms. The maximum Gasteiger partial charge on any atom is -0.0181 e. The Morgan fingerprint density at radius 1 is 1.33 bits per heavy atom. The van der Waals surface area contributed by atoms with Gasteiger partial charge >= 0.3 is 0 Å². The van der Waals surface area contributed by atoms with Gasteiger partial charge in [0.2, 0.25) is 0 Å². The molecule has 0 saturated heterocycles. The van der Waals surface area contributed by atoms with Crippen LogP contribution in [0, 0.1) is 11.5 Å². The Bertz CT molecular complexity index is 216. The molecule has 0 aliphatic rings. The van der Waals surface area contributed by atoms with E-state index in [0.29, 0.717) is 5.41 Å². The standard InChI is InChI=1S/C12H17/c1-12(2,3)10-9-11-7-5-4-6-8-11/h4-5,7-8H,9-10H2,1-3H3. The molecule has 12 heavy (non-hydrogen) atoms. The van der Waals surface area contributed by atoms with Crippen molar-refractivity contribution in [1.29, 1.82) is 0 Å². The lowest BCUT2D eigenvalue weighted by Gasteiger charge is -2.17. The zero-order valence-electron chi connectivity index (χ0n) is 8.22. The molecule has 0 nitrogen and oxygen atoms in total. The van der Waals surface area contributed by atoms with E-state index in [4.69, 9.17) is 0 Å². The second-order valence-corrected chi connectivity index (χ2v) is 4.47. The molecule has 0 unspecified atom stereocenters. The topological polar surface area (TPSA) is 0 Å². The highest BCUT2D eigenvalue weighted by Crippen LogP contribution is 2.20. The smallest absolute Gasteiger partial charge is 0.0181 e. The molecule has 1 radical (unpaired) electrons. The zero-order valence-corrected chi connectivity index (χ0v) is 8.22. The third-order valence-electron chi connectivity index (χ3n) is 1.94. The highest BCUT2D eigenvalue weighted by atomic mass is 14.1. The van der Waals surface area contributed by atoms with E-state index in [0.717, 1.165) is 0 Å². The third kappa shape index (κ3) is 3.56. The van der Waals surface area contributed by atoms with Gasteiger partial charge in [-0.3, -0.25) is 0 Å². The van der Waals surface area contributed by atoms with E-state index >= 15 is 0 Å². The Labute approximate surface area is 75.6 Å². The van der Waals surface area contributed by atoms with E-state index in [1.165, 1.54) is 18.4 Å². The molecule has 1 aromatic rings. The zero-order chi connectivity index (χ0) is 9.03. The van der Waals surface area contributed by atoms with Crippen LogP contribution in [-0.2, 0) is 6.42 Å². The minimum Gasteiger partial charge on any atom is -0.0614 e. The Morgan fingerprint density at radius 3 is 2.58 bits per heavy atom. The summed E-state index contributed by atoms with van der Waals surface area (Å²) < 4.78 is 0. The number of benzene rings is 1. The van der Waals surface area contributed by atoms with Gasteiger partial charge in [0.25, 0.3) is 0 Å². The minimum absolute atomic E-state index is 0.440. The molecule has 0 spiro atoms. The van der Waals surface area contributed by atoms with E-state index in [2.05, 4.69) is 45.0 Å². The van der Waals surface area contributed by atoms with Crippen molar-refractivity contribution in [3.63, 3.8) is 0 Å². The molecule has 0 heterocycles. The monoisotopic (exact) mass is 161 g/mol. The largest absolute Gasteiger partial charge is 0.0614 e. The van der Waals surface area contributed by atoms with Crippen LogP contribution >= 0.6 is 0 Å². The second-order valence-electron chi connectivity index (χ2n) is 4.47. The number of aryl methyl sites for hydroxylation is 1. The molecule has 0 aliphatic carbocycles. The maximum atomic E-state index is 3.10. The van der Waals surface area contributed by atoms with E-state index in [1.807, 2.05) is 6.07 Å². The van der Waals surface area contributed by atoms with Crippen LogP contribution in [0.3, 0.4) is 0 Å². The number of hydrogen-bond acceptors (Lipinski definition) is 0. The molecule has 0 aromatic heterocycles. The summed E-state index contributed by atoms with van der Waals surface area (Å²) in [7, 11) is 0. The summed E-state index contributed by atoms with van der Waals surface area (Å²) in [5.74, 6) is 0. The van der Waals surface area contributed by atoms with Gasteiger partial charge in [-0.05, 0) is 29.9 Å². The average molecular weight is 161 g/mol. The van der Waals surface area contributed by atoms with Crippen molar-refractivity contribution in [3.8, 4) is 0 Å². The summed E-state index contributed by atoms with van der Waals surface area (Å²) in [6.07, 6.45) is 2.41. The van der Waals surface area contributed by atoms with Crippen molar-refractivity contribution in [2.45, 2.75) is 33.6 Å². The van der Waals surface area contributed by atoms with Crippen LogP contribution in [0.15, 0.2) is 24.3 Å². The Balaban J connectivity index is 2.44. The molecule has 65 valence electrons. The first kappa shape index (κ1) is 9.31. The van der Waals surface area contributed by atoms with Crippen molar-refractivity contribution in [3.05, 3.63) is 35.9 Å². The van der Waals surface area contributed by atoms with Crippen molar-refractivity contribution in [2.75, 3.05) is 0 Å². The van der Waals surface area contributed by atoms with Crippen LogP contribution in [0.25, 0.3) is 0 Å². The molecule has 0 saturated carbocycles. The normalized spacial score (nSPS) is 11.6. The van der Waals surface area contributed by atoms with Crippen molar-refractivity contribution >= 4 is 0 Å². The van der Waals surface area contributed by atoms with E-state index in [1.54, 1.807) is 0 Å². The van der Waals surface area contributed by atoms with Crippen LogP contribution in [0.1, 0.15) is 32.8 Å². The van der Waals surface area contributed by atoms with Gasteiger partial charge in [0.05, 0.1) is 0 Å². The quantitative estimate of drug-likeness (QED) is 0.623. The van der Waals surface area contributed by atoms with Gasteiger partial charge in [0.1, 0.15) is 0 Å². The maximum absolute atomic E-state index is 3.10. The lowest BCUT2D eigenvalue weighted by molar-refractivity contribution is 0.378. The molecular formula is C12H17. The SMILES string of the molecule is CC(C)(C)CCc1c[c]ccc1. The fourth-order valence-corrected chi connectivity index (χ4v) is 1.11. The highest BCUT2D eigenvalue weighted by Gasteiger charge is 2.09. The van der Waals surface area contributed by atoms with Crippen LogP contribution < -0.4 is 0 Å². The van der Waals surface area contributed by atoms with Gasteiger partial charge in [-0.15, -0.1) is 0 Å². The lowest BCUT2D eigenvalue weighted by Crippen LogP contribution is -2.06. The first-order chi connectivity index (χ1) is 5.58. The molecule has 1 rings (SSSR count). The van der Waals surface area contributed by atoms with Crippen molar-refractivity contribution in [2.24, 2.45) is 5.41 Å². The van der Waals surface area contributed by atoms with E-state index in [9.17, 15) is 0 Å². The molecule has 0 amide bonds. The van der Waals surface area contributed by atoms with Crippen LogP contribution in [0.2, 0.25) is 0 Å². The summed E-state index contributed by atoms with van der Waals surface area (Å²) in [4.78, 5) is 0. The lowest BCUT2D eigenvalue weighted by atomic mass is 9.89. The highest BCUT2D eigenvalue weighted by molar-refractivity contribution is 5.13. The first-order valence-electron chi connectivity index (χ1n) is 4.53.